The molecule has 0 unspecified atom stereocenters. The van der Waals surface area contributed by atoms with Crippen LogP contribution in [-0.2, 0) is 10.8 Å². The van der Waals surface area contributed by atoms with Gasteiger partial charge in [0, 0.05) is 32.4 Å². The summed E-state index contributed by atoms with van der Waals surface area (Å²) in [6, 6.07) is 95.6. The maximum atomic E-state index is 15.9. The molecule has 0 radical (unpaired) electrons. The highest BCUT2D eigenvalue weighted by Gasteiger charge is 2.53. The Bertz CT molecular complexity index is 4270. The third-order valence-electron chi connectivity index (χ3n) is 16.5. The molecule has 16 rings (SSSR count). The van der Waals surface area contributed by atoms with Gasteiger partial charge in [-0.2, -0.15) is 0 Å². The molecule has 0 bridgehead atoms. The standard InChI is InChI=1S/C37H24FN.C25H15Br.C12H10FN/c38-36-25(24-12-2-1-3-13-24)17-10-23-34(36)39-33-22-11-21-32-35(33)28-16-6-9-20-31(28)37(32)29-18-7-4-14-26(29)27-15-5-8-19-30(27)37;26-23-15-7-14-22-24(23)18-10-3-6-13-21(18)25(22)19-11-4-1-8-16(19)17-9-2-5-12-20(17)25;13-12-10(7-4-8-11(12)14)9-5-2-1-3-6-9/h1-23,39H;1-15H;1-8H,14H2. The van der Waals surface area contributed by atoms with Crippen molar-refractivity contribution in [1.82, 2.24) is 0 Å². The molecule has 0 atom stereocenters. The first-order valence-electron chi connectivity index (χ1n) is 26.6. The van der Waals surface area contributed by atoms with Gasteiger partial charge in [0.15, 0.2) is 11.6 Å². The Balaban J connectivity index is 0.000000121. The summed E-state index contributed by atoms with van der Waals surface area (Å²) in [4.78, 5) is 0. The van der Waals surface area contributed by atoms with E-state index in [1.54, 1.807) is 18.2 Å². The molecule has 0 heterocycles. The average molecular weight is 1080 g/mol. The van der Waals surface area contributed by atoms with Crippen molar-refractivity contribution in [3.8, 4) is 66.8 Å². The molecule has 4 aliphatic rings. The molecule has 0 saturated heterocycles. The molecule has 4 aliphatic carbocycles. The Morgan fingerprint density at radius 3 is 1.08 bits per heavy atom. The fraction of sp³-hybridized carbons (Fsp3) is 0.0270. The van der Waals surface area contributed by atoms with Gasteiger partial charge in [0.05, 0.1) is 22.2 Å². The van der Waals surface area contributed by atoms with E-state index < -0.39 is 5.41 Å². The number of nitrogens with two attached hydrogens (primary N) is 1. The van der Waals surface area contributed by atoms with Crippen LogP contribution in [0.2, 0.25) is 0 Å². The summed E-state index contributed by atoms with van der Waals surface area (Å²) in [5.74, 6) is -0.599. The van der Waals surface area contributed by atoms with Gasteiger partial charge in [0.25, 0.3) is 0 Å². The van der Waals surface area contributed by atoms with Crippen molar-refractivity contribution in [3.63, 3.8) is 0 Å². The minimum absolute atomic E-state index is 0.186. The second-order valence-electron chi connectivity index (χ2n) is 20.4. The number of nitrogens with one attached hydrogen (secondary N) is 1. The molecule has 376 valence electrons. The van der Waals surface area contributed by atoms with E-state index in [-0.39, 0.29) is 22.7 Å². The maximum Gasteiger partial charge on any atom is 0.154 e. The van der Waals surface area contributed by atoms with Crippen LogP contribution in [0, 0.1) is 11.6 Å². The van der Waals surface area contributed by atoms with E-state index in [0.29, 0.717) is 16.8 Å². The van der Waals surface area contributed by atoms with Crippen LogP contribution in [0.4, 0.5) is 25.8 Å². The van der Waals surface area contributed by atoms with Crippen molar-refractivity contribution in [1.29, 1.82) is 0 Å². The summed E-state index contributed by atoms with van der Waals surface area (Å²) in [5, 5.41) is 3.50. The summed E-state index contributed by atoms with van der Waals surface area (Å²) >= 11 is 3.83. The second kappa shape index (κ2) is 19.2. The Morgan fingerprint density at radius 1 is 0.278 bits per heavy atom. The van der Waals surface area contributed by atoms with Gasteiger partial charge in [-0.25, -0.2) is 8.78 Å². The molecule has 0 amide bonds. The zero-order valence-electron chi connectivity index (χ0n) is 42.8. The van der Waals surface area contributed by atoms with Gasteiger partial charge in [-0.3, -0.25) is 0 Å². The van der Waals surface area contributed by atoms with E-state index in [2.05, 4.69) is 203 Å². The van der Waals surface area contributed by atoms with Gasteiger partial charge in [0.1, 0.15) is 0 Å². The molecular weight excluding hydrogens is 1030 g/mol. The highest BCUT2D eigenvalue weighted by Crippen LogP contribution is 2.65. The topological polar surface area (TPSA) is 38.0 Å². The van der Waals surface area contributed by atoms with Crippen molar-refractivity contribution in [2.45, 2.75) is 10.8 Å². The zero-order valence-corrected chi connectivity index (χ0v) is 44.4. The van der Waals surface area contributed by atoms with Crippen LogP contribution in [-0.4, -0.2) is 0 Å². The van der Waals surface area contributed by atoms with Crippen LogP contribution < -0.4 is 11.1 Å². The molecule has 2 nitrogen and oxygen atoms in total. The molecule has 2 spiro atoms. The number of fused-ring (bicyclic) bond motifs is 20. The minimum atomic E-state index is -0.415. The number of rotatable bonds is 4. The van der Waals surface area contributed by atoms with Crippen LogP contribution in [0.5, 0.6) is 0 Å². The molecular formula is C74H49BrF2N2. The zero-order chi connectivity index (χ0) is 53.2. The molecule has 12 aromatic carbocycles. The van der Waals surface area contributed by atoms with Gasteiger partial charge in [-0.1, -0.05) is 271 Å². The first-order valence-corrected chi connectivity index (χ1v) is 27.4. The predicted molar refractivity (Wildman–Crippen MR) is 325 cm³/mol. The average Bonchev–Trinajstić information content (AvgIpc) is 2.88. The van der Waals surface area contributed by atoms with E-state index in [1.807, 2.05) is 78.9 Å². The smallest absolute Gasteiger partial charge is 0.154 e. The molecule has 0 saturated carbocycles. The summed E-state index contributed by atoms with van der Waals surface area (Å²) in [6.07, 6.45) is 0. The molecule has 5 heteroatoms. The number of nitrogen functional groups attached to an aromatic ring is 1. The third kappa shape index (κ3) is 7.26. The third-order valence-corrected chi connectivity index (χ3v) is 17.1. The van der Waals surface area contributed by atoms with Gasteiger partial charge in [-0.05, 0) is 113 Å². The highest BCUT2D eigenvalue weighted by atomic mass is 79.9. The first-order chi connectivity index (χ1) is 38.9. The van der Waals surface area contributed by atoms with Gasteiger partial charge < -0.3 is 11.1 Å². The molecule has 79 heavy (non-hydrogen) atoms. The van der Waals surface area contributed by atoms with Gasteiger partial charge in [0.2, 0.25) is 0 Å². The quantitative estimate of drug-likeness (QED) is 0.172. The Hall–Kier alpha value is -9.42. The summed E-state index contributed by atoms with van der Waals surface area (Å²) < 4.78 is 30.6. The number of halogens is 3. The monoisotopic (exact) mass is 1080 g/mol. The Labute approximate surface area is 467 Å². The molecule has 0 fully saturated rings. The second-order valence-corrected chi connectivity index (χ2v) is 21.3. The maximum absolute atomic E-state index is 15.9. The Kier molecular flexibility index (Phi) is 11.7. The fourth-order valence-electron chi connectivity index (χ4n) is 13.4. The lowest BCUT2D eigenvalue weighted by Gasteiger charge is -2.30. The minimum Gasteiger partial charge on any atom is -0.396 e. The SMILES string of the molecule is Brc1cccc2c1-c1ccccc1C21c2ccccc2-c2ccccc21.Fc1c(Nc2cccc3c2-c2ccccc2C32c3ccccc3-c3ccccc32)cccc1-c1ccccc1.Nc1cccc(-c2ccccc2)c1F. The van der Waals surface area contributed by atoms with E-state index >= 15 is 4.39 Å². The lowest BCUT2D eigenvalue weighted by atomic mass is 9.70. The first kappa shape index (κ1) is 48.0. The van der Waals surface area contributed by atoms with Crippen molar-refractivity contribution in [2.75, 3.05) is 11.1 Å². The van der Waals surface area contributed by atoms with E-state index in [0.717, 1.165) is 22.4 Å². The predicted octanol–water partition coefficient (Wildman–Crippen LogP) is 19.4. The lowest BCUT2D eigenvalue weighted by molar-refractivity contribution is 0.635. The highest BCUT2D eigenvalue weighted by molar-refractivity contribution is 9.10. The lowest BCUT2D eigenvalue weighted by Crippen LogP contribution is -2.25. The van der Waals surface area contributed by atoms with Gasteiger partial charge in [-0.15, -0.1) is 0 Å². The van der Waals surface area contributed by atoms with E-state index in [4.69, 9.17) is 5.73 Å². The summed E-state index contributed by atoms with van der Waals surface area (Å²) in [6.45, 7) is 0. The largest absolute Gasteiger partial charge is 0.396 e. The van der Waals surface area contributed by atoms with Crippen LogP contribution in [0.1, 0.15) is 44.5 Å². The number of hydrogen-bond acceptors (Lipinski definition) is 2. The summed E-state index contributed by atoms with van der Waals surface area (Å²) in [5.41, 5.74) is 30.1. The molecule has 12 aromatic rings. The van der Waals surface area contributed by atoms with E-state index in [9.17, 15) is 4.39 Å². The van der Waals surface area contributed by atoms with Gasteiger partial charge >= 0.3 is 0 Å². The van der Waals surface area contributed by atoms with E-state index in [1.165, 1.54) is 87.9 Å². The van der Waals surface area contributed by atoms with Crippen molar-refractivity contribution >= 4 is 33.0 Å². The number of hydrogen-bond donors (Lipinski definition) is 2. The molecule has 0 aromatic heterocycles. The molecule has 3 N–H and O–H groups in total. The molecule has 0 aliphatic heterocycles. The summed E-state index contributed by atoms with van der Waals surface area (Å²) in [7, 11) is 0. The van der Waals surface area contributed by atoms with Crippen LogP contribution in [0.15, 0.2) is 284 Å². The van der Waals surface area contributed by atoms with Crippen LogP contribution >= 0.6 is 15.9 Å². The number of anilines is 3. The number of benzene rings is 12. The fourth-order valence-corrected chi connectivity index (χ4v) is 13.9. The Morgan fingerprint density at radius 2 is 0.595 bits per heavy atom. The van der Waals surface area contributed by atoms with Crippen molar-refractivity contribution in [2.24, 2.45) is 0 Å². The van der Waals surface area contributed by atoms with Crippen LogP contribution in [0.3, 0.4) is 0 Å². The van der Waals surface area contributed by atoms with Crippen molar-refractivity contribution < 1.29 is 8.78 Å². The van der Waals surface area contributed by atoms with Crippen LogP contribution in [0.25, 0.3) is 66.8 Å². The normalized spacial score (nSPS) is 13.3. The van der Waals surface area contributed by atoms with Crippen molar-refractivity contribution in [3.05, 3.63) is 340 Å².